The fourth-order valence-corrected chi connectivity index (χ4v) is 3.74. The van der Waals surface area contributed by atoms with E-state index in [1.54, 1.807) is 0 Å². The number of ether oxygens (including phenoxy) is 1. The zero-order chi connectivity index (χ0) is 21.9. The summed E-state index contributed by atoms with van der Waals surface area (Å²) >= 11 is 0. The molecule has 1 amide bonds. The Morgan fingerprint density at radius 1 is 0.933 bits per heavy atom. The van der Waals surface area contributed by atoms with Crippen molar-refractivity contribution in [3.63, 3.8) is 0 Å². The molecule has 4 heteroatoms. The maximum atomic E-state index is 11.9. The minimum atomic E-state index is -0.900. The van der Waals surface area contributed by atoms with Crippen molar-refractivity contribution in [2.24, 2.45) is 0 Å². The number of fused-ring (bicyclic) bond motifs is 1. The average molecular weight is 406 g/mol. The first-order chi connectivity index (χ1) is 14.1. The van der Waals surface area contributed by atoms with E-state index in [4.69, 9.17) is 4.74 Å². The van der Waals surface area contributed by atoms with E-state index in [0.29, 0.717) is 13.2 Å². The van der Waals surface area contributed by atoms with Gasteiger partial charge in [0.1, 0.15) is 12.4 Å². The lowest BCUT2D eigenvalue weighted by Gasteiger charge is -2.39. The van der Waals surface area contributed by atoms with Crippen molar-refractivity contribution >= 4 is 16.9 Å². The maximum absolute atomic E-state index is 11.9. The Labute approximate surface area is 179 Å². The van der Waals surface area contributed by atoms with Gasteiger partial charge in [-0.25, -0.2) is 4.79 Å². The van der Waals surface area contributed by atoms with Gasteiger partial charge in [-0.2, -0.15) is 0 Å². The summed E-state index contributed by atoms with van der Waals surface area (Å²) in [5, 5.41) is 12.0. The minimum Gasteiger partial charge on any atom is -0.489 e. The van der Waals surface area contributed by atoms with Crippen molar-refractivity contribution in [2.75, 3.05) is 6.54 Å². The highest BCUT2D eigenvalue weighted by molar-refractivity contribution is 5.88. The van der Waals surface area contributed by atoms with Gasteiger partial charge in [0, 0.05) is 17.5 Å². The summed E-state index contributed by atoms with van der Waals surface area (Å²) in [6, 6.07) is 22.4. The molecule has 3 aromatic carbocycles. The van der Waals surface area contributed by atoms with Crippen LogP contribution in [0.2, 0.25) is 0 Å². The van der Waals surface area contributed by atoms with E-state index in [2.05, 4.69) is 38.1 Å². The van der Waals surface area contributed by atoms with Crippen LogP contribution in [0.25, 0.3) is 10.8 Å². The summed E-state index contributed by atoms with van der Waals surface area (Å²) in [7, 11) is 0. The van der Waals surface area contributed by atoms with Gasteiger partial charge in [-0.3, -0.25) is 0 Å². The highest BCUT2D eigenvalue weighted by Crippen LogP contribution is 2.34. The van der Waals surface area contributed by atoms with Crippen LogP contribution >= 0.6 is 0 Å². The van der Waals surface area contributed by atoms with E-state index < -0.39 is 11.6 Å². The van der Waals surface area contributed by atoms with Crippen LogP contribution < -0.4 is 4.74 Å². The highest BCUT2D eigenvalue weighted by Gasteiger charge is 2.34. The molecular weight excluding hydrogens is 374 g/mol. The van der Waals surface area contributed by atoms with E-state index in [9.17, 15) is 9.90 Å². The second-order valence-corrected chi connectivity index (χ2v) is 9.39. The molecule has 0 radical (unpaired) electrons. The molecule has 0 fully saturated rings. The zero-order valence-corrected chi connectivity index (χ0v) is 18.5. The molecule has 0 aromatic heterocycles. The zero-order valence-electron chi connectivity index (χ0n) is 18.5. The molecule has 0 saturated heterocycles. The Balaban J connectivity index is 1.93. The van der Waals surface area contributed by atoms with Crippen LogP contribution in [-0.4, -0.2) is 28.2 Å². The normalized spacial score (nSPS) is 12.0. The first kappa shape index (κ1) is 21.7. The Morgan fingerprint density at radius 2 is 1.63 bits per heavy atom. The molecule has 0 unspecified atom stereocenters. The summed E-state index contributed by atoms with van der Waals surface area (Å²) in [5.41, 5.74) is 1.38. The van der Waals surface area contributed by atoms with Gasteiger partial charge in [-0.15, -0.1) is 0 Å². The molecule has 3 aromatic rings. The number of rotatable bonds is 6. The minimum absolute atomic E-state index is 0.372. The third-order valence-corrected chi connectivity index (χ3v) is 5.43. The van der Waals surface area contributed by atoms with Crippen LogP contribution in [0, 0.1) is 0 Å². The van der Waals surface area contributed by atoms with Gasteiger partial charge in [0.05, 0.1) is 0 Å². The van der Waals surface area contributed by atoms with E-state index >= 15 is 0 Å². The number of hydrogen-bond acceptors (Lipinski definition) is 2. The maximum Gasteiger partial charge on any atom is 0.407 e. The molecule has 0 saturated carbocycles. The lowest BCUT2D eigenvalue weighted by molar-refractivity contribution is 0.0869. The molecule has 3 rings (SSSR count). The average Bonchev–Trinajstić information content (AvgIpc) is 2.69. The fourth-order valence-electron chi connectivity index (χ4n) is 3.74. The summed E-state index contributed by atoms with van der Waals surface area (Å²) < 4.78 is 6.04. The lowest BCUT2D eigenvalue weighted by Crippen LogP contribution is -2.50. The second kappa shape index (κ2) is 8.39. The van der Waals surface area contributed by atoms with Crippen LogP contribution in [0.5, 0.6) is 5.75 Å². The predicted octanol–water partition coefficient (Wildman–Crippen LogP) is 6.47. The fraction of sp³-hybridized carbons (Fsp3) is 0.346. The van der Waals surface area contributed by atoms with Crippen LogP contribution in [0.3, 0.4) is 0 Å². The number of amides is 1. The van der Waals surface area contributed by atoms with Crippen molar-refractivity contribution in [3.8, 4) is 5.75 Å². The number of hydrogen-bond donors (Lipinski definition) is 1. The molecule has 0 aliphatic rings. The lowest BCUT2D eigenvalue weighted by atomic mass is 9.80. The first-order valence-electron chi connectivity index (χ1n) is 10.3. The molecule has 0 spiro atoms. The third-order valence-electron chi connectivity index (χ3n) is 5.43. The summed E-state index contributed by atoms with van der Waals surface area (Å²) in [6.45, 7) is 10.9. The standard InChI is InChI=1S/C26H31NO3/c1-25(2,3)27(24(28)29)18-26(4,5)23-13-9-12-20-14-15-21(16-22(20)23)30-17-19-10-7-6-8-11-19/h6-16H,17-18H2,1-5H3,(H,28,29). The van der Waals surface area contributed by atoms with Gasteiger partial charge in [0.2, 0.25) is 0 Å². The number of nitrogens with zero attached hydrogens (tertiary/aromatic N) is 1. The van der Waals surface area contributed by atoms with Crippen LogP contribution in [0.1, 0.15) is 45.7 Å². The second-order valence-electron chi connectivity index (χ2n) is 9.39. The Bertz CT molecular complexity index is 1020. The number of carbonyl (C=O) groups is 1. The van der Waals surface area contributed by atoms with E-state index in [-0.39, 0.29) is 5.41 Å². The van der Waals surface area contributed by atoms with Crippen molar-refractivity contribution < 1.29 is 14.6 Å². The monoisotopic (exact) mass is 405 g/mol. The van der Waals surface area contributed by atoms with Crippen molar-refractivity contribution in [2.45, 2.75) is 52.2 Å². The molecule has 0 aliphatic heterocycles. The molecule has 0 bridgehead atoms. The number of carboxylic acid groups (broad SMARTS) is 1. The highest BCUT2D eigenvalue weighted by atomic mass is 16.5. The van der Waals surface area contributed by atoms with Gasteiger partial charge in [-0.1, -0.05) is 68.4 Å². The summed E-state index contributed by atoms with van der Waals surface area (Å²) in [5.74, 6) is 0.806. The van der Waals surface area contributed by atoms with E-state index in [1.165, 1.54) is 4.90 Å². The molecule has 0 atom stereocenters. The third kappa shape index (κ3) is 4.93. The molecule has 1 N–H and O–H groups in total. The Morgan fingerprint density at radius 3 is 2.27 bits per heavy atom. The molecule has 4 nitrogen and oxygen atoms in total. The van der Waals surface area contributed by atoms with E-state index in [1.807, 2.05) is 63.2 Å². The van der Waals surface area contributed by atoms with Crippen molar-refractivity contribution in [1.82, 2.24) is 4.90 Å². The van der Waals surface area contributed by atoms with E-state index in [0.717, 1.165) is 27.6 Å². The molecule has 30 heavy (non-hydrogen) atoms. The van der Waals surface area contributed by atoms with Crippen LogP contribution in [-0.2, 0) is 12.0 Å². The Hall–Kier alpha value is -3.01. The van der Waals surface area contributed by atoms with Crippen LogP contribution in [0.15, 0.2) is 66.7 Å². The molecule has 0 aliphatic carbocycles. The topological polar surface area (TPSA) is 49.8 Å². The quantitative estimate of drug-likeness (QED) is 0.511. The van der Waals surface area contributed by atoms with Crippen molar-refractivity contribution in [1.29, 1.82) is 0 Å². The Kier molecular flexibility index (Phi) is 6.06. The van der Waals surface area contributed by atoms with Gasteiger partial charge in [0.25, 0.3) is 0 Å². The van der Waals surface area contributed by atoms with Gasteiger partial charge in [-0.05, 0) is 54.8 Å². The largest absolute Gasteiger partial charge is 0.489 e. The summed E-state index contributed by atoms with van der Waals surface area (Å²) in [4.78, 5) is 13.4. The van der Waals surface area contributed by atoms with Gasteiger partial charge < -0.3 is 14.7 Å². The smallest absolute Gasteiger partial charge is 0.407 e. The summed E-state index contributed by atoms with van der Waals surface area (Å²) in [6.07, 6.45) is -0.900. The molecular formula is C26H31NO3. The van der Waals surface area contributed by atoms with Gasteiger partial charge in [0.15, 0.2) is 0 Å². The van der Waals surface area contributed by atoms with Gasteiger partial charge >= 0.3 is 6.09 Å². The SMILES string of the molecule is CC(C)(CN(C(=O)O)C(C)(C)C)c1cccc2ccc(OCc3ccccc3)cc12. The van der Waals surface area contributed by atoms with Crippen LogP contribution in [0.4, 0.5) is 4.79 Å². The number of benzene rings is 3. The molecule has 158 valence electrons. The predicted molar refractivity (Wildman–Crippen MR) is 122 cm³/mol. The first-order valence-corrected chi connectivity index (χ1v) is 10.3. The van der Waals surface area contributed by atoms with Crippen molar-refractivity contribution in [3.05, 3.63) is 77.9 Å². The molecule has 0 heterocycles.